The third-order valence-electron chi connectivity index (χ3n) is 16.5. The van der Waals surface area contributed by atoms with E-state index in [2.05, 4.69) is 0 Å². The highest BCUT2D eigenvalue weighted by molar-refractivity contribution is 7.87. The molecule has 4 aliphatic rings. The number of allylic oxidation sites excluding steroid dienone is 8. The van der Waals surface area contributed by atoms with Gasteiger partial charge in [0.25, 0.3) is 52.3 Å². The molecule has 3 heterocycles. The van der Waals surface area contributed by atoms with Crippen LogP contribution in [0.2, 0.25) is 0 Å². The molecule has 520 valence electrons. The molecule has 3 aliphatic heterocycles. The minimum atomic E-state index is -5.36. The van der Waals surface area contributed by atoms with Gasteiger partial charge in [0.05, 0.1) is 105 Å². The lowest BCUT2D eigenvalue weighted by molar-refractivity contribution is -0.438. The molecule has 28 nitrogen and oxygen atoms in total. The van der Waals surface area contributed by atoms with Crippen molar-refractivity contribution >= 4 is 119 Å². The van der Waals surface area contributed by atoms with E-state index in [1.165, 1.54) is 18.2 Å². The maximum absolute atomic E-state index is 13.1. The summed E-state index contributed by atoms with van der Waals surface area (Å²) >= 11 is 7.38. The van der Waals surface area contributed by atoms with Crippen molar-refractivity contribution in [3.63, 3.8) is 0 Å². The Morgan fingerprint density at radius 3 is 1.73 bits per heavy atom. The fourth-order valence-electron chi connectivity index (χ4n) is 12.2. The molecule has 0 radical (unpaired) electrons. The van der Waals surface area contributed by atoms with E-state index in [-0.39, 0.29) is 117 Å². The van der Waals surface area contributed by atoms with Crippen LogP contribution in [0.4, 0.5) is 11.4 Å². The summed E-state index contributed by atoms with van der Waals surface area (Å²) < 4.78 is 216. The highest BCUT2D eigenvalue weighted by atomic mass is 35.5. The van der Waals surface area contributed by atoms with Crippen LogP contribution in [0.5, 0.6) is 0 Å². The van der Waals surface area contributed by atoms with Crippen molar-refractivity contribution in [3.05, 3.63) is 106 Å². The molecular formula is C61H74ClN3O25S5. The van der Waals surface area contributed by atoms with Crippen molar-refractivity contribution in [1.82, 2.24) is 5.06 Å². The number of nitrogens with zero attached hydrogens (tertiary/aromatic N) is 3. The van der Waals surface area contributed by atoms with E-state index in [4.69, 9.17) is 44.9 Å². The highest BCUT2D eigenvalue weighted by Crippen LogP contribution is 2.55. The number of hydroxylamine groups is 2. The Kier molecular flexibility index (Phi) is 24.3. The molecule has 2 amide bonds. The highest BCUT2D eigenvalue weighted by Gasteiger charge is 2.48. The van der Waals surface area contributed by atoms with E-state index in [9.17, 15) is 79.2 Å². The van der Waals surface area contributed by atoms with Crippen molar-refractivity contribution in [2.24, 2.45) is 0 Å². The smallest absolute Gasteiger partial charge is 0.333 e. The zero-order valence-corrected chi connectivity index (χ0v) is 57.2. The van der Waals surface area contributed by atoms with Crippen LogP contribution in [0.25, 0.3) is 21.5 Å². The van der Waals surface area contributed by atoms with E-state index >= 15 is 0 Å². The van der Waals surface area contributed by atoms with Gasteiger partial charge in [-0.15, -0.1) is 5.06 Å². The van der Waals surface area contributed by atoms with Crippen LogP contribution in [-0.2, 0) is 109 Å². The molecule has 4 N–H and O–H groups in total. The number of hydrogen-bond donors (Lipinski definition) is 4. The normalized spacial score (nSPS) is 18.9. The minimum absolute atomic E-state index is 0.00407. The molecule has 0 saturated carbocycles. The zero-order chi connectivity index (χ0) is 69.5. The number of fused-ring (bicyclic) bond motifs is 6. The van der Waals surface area contributed by atoms with Crippen molar-refractivity contribution < 1.29 is 117 Å². The molecule has 1 aliphatic carbocycles. The minimum Gasteiger partial charge on any atom is -0.744 e. The van der Waals surface area contributed by atoms with Gasteiger partial charge in [-0.3, -0.25) is 27.8 Å². The lowest BCUT2D eigenvalue weighted by Gasteiger charge is -2.31. The first kappa shape index (κ1) is 74.8. The van der Waals surface area contributed by atoms with Crippen molar-refractivity contribution in [2.45, 2.75) is 109 Å². The second-order valence-electron chi connectivity index (χ2n) is 23.3. The molecule has 0 aromatic heterocycles. The Bertz CT molecular complexity index is 4400. The van der Waals surface area contributed by atoms with Gasteiger partial charge in [0.15, 0.2) is 5.71 Å². The van der Waals surface area contributed by atoms with Crippen molar-refractivity contribution in [2.75, 3.05) is 104 Å². The van der Waals surface area contributed by atoms with Gasteiger partial charge in [0, 0.05) is 83.2 Å². The van der Waals surface area contributed by atoms with E-state index in [1.54, 1.807) is 62.8 Å². The van der Waals surface area contributed by atoms with Gasteiger partial charge in [-0.25, -0.2) is 13.2 Å². The van der Waals surface area contributed by atoms with Gasteiger partial charge in [-0.2, -0.15) is 38.2 Å². The molecule has 95 heavy (non-hydrogen) atoms. The van der Waals surface area contributed by atoms with Gasteiger partial charge in [0.2, 0.25) is 5.69 Å². The number of carbonyl (C=O) groups excluding carboxylic acids is 3. The number of anilines is 1. The number of amides is 2. The lowest BCUT2D eigenvalue weighted by Crippen LogP contribution is -2.32. The molecule has 4 aromatic rings. The summed E-state index contributed by atoms with van der Waals surface area (Å²) in [4.78, 5) is 41.0. The van der Waals surface area contributed by atoms with E-state index in [0.717, 1.165) is 12.1 Å². The number of ether oxygens (including phenoxy) is 6. The summed E-state index contributed by atoms with van der Waals surface area (Å²) in [5, 5.41) is 0.375. The van der Waals surface area contributed by atoms with Crippen LogP contribution in [-0.4, -0.2) is 197 Å². The monoisotopic (exact) mass is 1440 g/mol. The fourth-order valence-corrected chi connectivity index (χ4v) is 15.7. The molecule has 1 saturated heterocycles. The number of benzene rings is 4. The SMILES string of the molecule is COCCOCCOCCOCCOCCOCCN1C(=CC=C2CCCC(C=CC3=[N+](CCCC(=O)ON4C(=O)CCC4=O)c4ccc5c(S(=O)(=O)[O-])cc(S(=O)(=O)O)cc5c4C3(C)C)=C2Cl)C(C)(CCCS(=O)(=O)O)c2c1ccc1c(S(=O)(=O)O)cc(S(=O)(=O)O)cc21. The van der Waals surface area contributed by atoms with Crippen LogP contribution in [0.1, 0.15) is 89.7 Å². The van der Waals surface area contributed by atoms with Crippen LogP contribution in [0.3, 0.4) is 0 Å². The predicted molar refractivity (Wildman–Crippen MR) is 343 cm³/mol. The molecule has 0 bridgehead atoms. The first-order valence-electron chi connectivity index (χ1n) is 30.0. The Labute approximate surface area is 555 Å². The van der Waals surface area contributed by atoms with E-state index in [1.807, 2.05) is 4.90 Å². The summed E-state index contributed by atoms with van der Waals surface area (Å²) in [6.45, 7) is 8.54. The number of imide groups is 1. The second-order valence-corrected chi connectivity index (χ2v) is 30.9. The summed E-state index contributed by atoms with van der Waals surface area (Å²) in [6.07, 6.45) is 7.45. The van der Waals surface area contributed by atoms with Gasteiger partial charge in [-0.1, -0.05) is 29.8 Å². The van der Waals surface area contributed by atoms with Gasteiger partial charge in [-0.05, 0) is 123 Å². The quantitative estimate of drug-likeness (QED) is 0.0165. The molecule has 1 unspecified atom stereocenters. The molecule has 1 fully saturated rings. The topological polar surface area (TPSA) is 400 Å². The first-order chi connectivity index (χ1) is 44.6. The Balaban J connectivity index is 1.16. The number of halogens is 1. The van der Waals surface area contributed by atoms with Crippen LogP contribution >= 0.6 is 11.6 Å². The maximum atomic E-state index is 13.1. The summed E-state index contributed by atoms with van der Waals surface area (Å²) in [5.41, 5.74) is 0.916. The van der Waals surface area contributed by atoms with Crippen LogP contribution in [0, 0.1) is 0 Å². The number of rotatable bonds is 34. The standard InChI is InChI=1S/C61H74ClN3O25S5/c1-60(2)52(63(22-6-10-56(68)90-65-54(66)19-20-55(65)67)48-15-13-44-46(57(48)60)36-42(92(72,73)74)38-50(44)94(78,79)80)17-11-40-8-5-9-41(59(40)62)12-18-53-61(3,21-7-35-91(69,70)71)58-47-37-43(93(75,76)77)39-51(95(81,82)83)45(47)14-16-49(58)64(53)23-24-85-27-28-87-31-32-89-34-33-88-30-29-86-26-25-84-4/h11-18,36-39H,5-10,19-35H2,1-4H3,(H4-,69,70,71,72,73,74,75,76,77,78,79,80,81,82,83). The Morgan fingerprint density at radius 2 is 1.18 bits per heavy atom. The number of carbonyl (C=O) groups is 3. The van der Waals surface area contributed by atoms with Gasteiger partial charge < -0.3 is 42.7 Å². The van der Waals surface area contributed by atoms with Crippen molar-refractivity contribution in [3.8, 4) is 0 Å². The largest absolute Gasteiger partial charge is 0.744 e. The lowest BCUT2D eigenvalue weighted by atomic mass is 9.75. The average Bonchev–Trinajstić information content (AvgIpc) is 1.60. The third-order valence-corrected chi connectivity index (χ3v) is 21.3. The molecule has 4 aromatic carbocycles. The molecule has 34 heteroatoms. The Morgan fingerprint density at radius 1 is 0.642 bits per heavy atom. The van der Waals surface area contributed by atoms with E-state index < -0.39 is 105 Å². The second kappa shape index (κ2) is 30.8. The van der Waals surface area contributed by atoms with Gasteiger partial charge >= 0.3 is 5.97 Å². The summed E-state index contributed by atoms with van der Waals surface area (Å²) in [6, 6.07) is 9.05. The maximum Gasteiger partial charge on any atom is 0.333 e. The van der Waals surface area contributed by atoms with Crippen LogP contribution in [0.15, 0.2) is 114 Å². The average molecular weight is 1450 g/mol. The Hall–Kier alpha value is -5.96. The fraction of sp³-hybridized carbons (Fsp3) is 0.475. The van der Waals surface area contributed by atoms with Gasteiger partial charge in [0.1, 0.15) is 21.6 Å². The number of methoxy groups -OCH3 is 1. The molecule has 0 spiro atoms. The van der Waals surface area contributed by atoms with Crippen molar-refractivity contribution in [1.29, 1.82) is 0 Å². The first-order valence-corrected chi connectivity index (χ1v) is 37.7. The summed E-state index contributed by atoms with van der Waals surface area (Å²) in [5.74, 6) is -2.98. The summed E-state index contributed by atoms with van der Waals surface area (Å²) in [7, 11) is -23.8. The zero-order valence-electron chi connectivity index (χ0n) is 52.3. The molecule has 8 rings (SSSR count). The molecule has 1 atom stereocenters. The molecular weight excluding hydrogens is 1370 g/mol. The number of hydrogen-bond acceptors (Lipinski definition) is 22. The van der Waals surface area contributed by atoms with Crippen LogP contribution < -0.4 is 4.90 Å². The third kappa shape index (κ3) is 18.0. The van der Waals surface area contributed by atoms with E-state index in [0.29, 0.717) is 116 Å². The predicted octanol–water partition coefficient (Wildman–Crippen LogP) is 6.62.